The van der Waals surface area contributed by atoms with Gasteiger partial charge in [-0.3, -0.25) is 9.59 Å². The van der Waals surface area contributed by atoms with E-state index in [-0.39, 0.29) is 23.8 Å². The summed E-state index contributed by atoms with van der Waals surface area (Å²) < 4.78 is 5.50. The second-order valence-electron chi connectivity index (χ2n) is 6.52. The SMILES string of the molecule is C=CCOc1ccc([C@@H]2CC(=O)Nc3nc(-c4ccccc4)[nH]c(=O)c32)cc1. The monoisotopic (exact) mass is 373 g/mol. The van der Waals surface area contributed by atoms with E-state index in [9.17, 15) is 9.59 Å². The van der Waals surface area contributed by atoms with Crippen molar-refractivity contribution in [1.29, 1.82) is 0 Å². The van der Waals surface area contributed by atoms with Gasteiger partial charge in [-0.2, -0.15) is 0 Å². The van der Waals surface area contributed by atoms with Crippen molar-refractivity contribution in [3.8, 4) is 17.1 Å². The third-order valence-corrected chi connectivity index (χ3v) is 4.65. The molecule has 2 N–H and O–H groups in total. The maximum absolute atomic E-state index is 12.9. The van der Waals surface area contributed by atoms with Crippen LogP contribution < -0.4 is 15.6 Å². The van der Waals surface area contributed by atoms with Crippen LogP contribution in [0.1, 0.15) is 23.5 Å². The number of amides is 1. The first-order valence-corrected chi connectivity index (χ1v) is 8.99. The highest BCUT2D eigenvalue weighted by Gasteiger charge is 2.31. The molecule has 0 radical (unpaired) electrons. The van der Waals surface area contributed by atoms with Crippen LogP contribution in [0.4, 0.5) is 5.82 Å². The summed E-state index contributed by atoms with van der Waals surface area (Å²) in [7, 11) is 0. The highest BCUT2D eigenvalue weighted by Crippen LogP contribution is 2.35. The minimum absolute atomic E-state index is 0.165. The van der Waals surface area contributed by atoms with E-state index in [4.69, 9.17) is 4.74 Å². The molecule has 1 atom stereocenters. The number of benzene rings is 2. The van der Waals surface area contributed by atoms with Crippen molar-refractivity contribution in [3.63, 3.8) is 0 Å². The fourth-order valence-corrected chi connectivity index (χ4v) is 3.34. The van der Waals surface area contributed by atoms with Gasteiger partial charge in [0.1, 0.15) is 24.0 Å². The third-order valence-electron chi connectivity index (χ3n) is 4.65. The summed E-state index contributed by atoms with van der Waals surface area (Å²) >= 11 is 0. The number of H-pyrrole nitrogens is 1. The molecule has 6 nitrogen and oxygen atoms in total. The van der Waals surface area contributed by atoms with Gasteiger partial charge in [-0.25, -0.2) is 4.98 Å². The molecule has 0 fully saturated rings. The van der Waals surface area contributed by atoms with Crippen LogP contribution in [0.5, 0.6) is 5.75 Å². The molecule has 28 heavy (non-hydrogen) atoms. The van der Waals surface area contributed by atoms with Crippen LogP contribution in [0.2, 0.25) is 0 Å². The number of carbonyl (C=O) groups is 1. The highest BCUT2D eigenvalue weighted by molar-refractivity contribution is 5.94. The van der Waals surface area contributed by atoms with Gasteiger partial charge in [0.25, 0.3) is 5.56 Å². The fourth-order valence-electron chi connectivity index (χ4n) is 3.34. The summed E-state index contributed by atoms with van der Waals surface area (Å²) in [6, 6.07) is 16.7. The summed E-state index contributed by atoms with van der Waals surface area (Å²) in [6.07, 6.45) is 1.86. The Kier molecular flexibility index (Phi) is 4.76. The van der Waals surface area contributed by atoms with Crippen LogP contribution in [0.15, 0.2) is 72.0 Å². The quantitative estimate of drug-likeness (QED) is 0.671. The first-order valence-electron chi connectivity index (χ1n) is 8.99. The maximum Gasteiger partial charge on any atom is 0.257 e. The Morgan fingerprint density at radius 1 is 1.11 bits per heavy atom. The molecule has 1 amide bonds. The number of rotatable bonds is 5. The number of fused-ring (bicyclic) bond motifs is 1. The van der Waals surface area contributed by atoms with Crippen LogP contribution in [0, 0.1) is 0 Å². The molecule has 0 saturated carbocycles. The van der Waals surface area contributed by atoms with Crippen molar-refractivity contribution in [2.75, 3.05) is 11.9 Å². The highest BCUT2D eigenvalue weighted by atomic mass is 16.5. The van der Waals surface area contributed by atoms with E-state index in [0.29, 0.717) is 29.6 Å². The molecule has 0 spiro atoms. The van der Waals surface area contributed by atoms with Gasteiger partial charge in [0.2, 0.25) is 5.91 Å². The van der Waals surface area contributed by atoms with E-state index >= 15 is 0 Å². The average Bonchev–Trinajstić information content (AvgIpc) is 2.72. The Bertz CT molecular complexity index is 1070. The number of aromatic nitrogens is 2. The van der Waals surface area contributed by atoms with Crippen LogP contribution in [0.3, 0.4) is 0 Å². The molecule has 2 aromatic carbocycles. The fraction of sp³-hybridized carbons (Fsp3) is 0.136. The summed E-state index contributed by atoms with van der Waals surface area (Å²) in [4.78, 5) is 32.5. The zero-order valence-corrected chi connectivity index (χ0v) is 15.1. The number of ether oxygens (including phenoxy) is 1. The Labute approximate surface area is 161 Å². The van der Waals surface area contributed by atoms with Crippen LogP contribution in [-0.2, 0) is 4.79 Å². The van der Waals surface area contributed by atoms with Gasteiger partial charge < -0.3 is 15.0 Å². The van der Waals surface area contributed by atoms with Crippen LogP contribution >= 0.6 is 0 Å². The summed E-state index contributed by atoms with van der Waals surface area (Å²) in [5.41, 5.74) is 1.86. The Morgan fingerprint density at radius 2 is 1.86 bits per heavy atom. The molecule has 0 bridgehead atoms. The molecule has 1 aliphatic heterocycles. The van der Waals surface area contributed by atoms with Gasteiger partial charge in [-0.15, -0.1) is 0 Å². The lowest BCUT2D eigenvalue weighted by Crippen LogP contribution is -2.31. The summed E-state index contributed by atoms with van der Waals surface area (Å²) in [6.45, 7) is 4.04. The smallest absolute Gasteiger partial charge is 0.257 e. The maximum atomic E-state index is 12.9. The zero-order chi connectivity index (χ0) is 19.5. The van der Waals surface area contributed by atoms with E-state index in [0.717, 1.165) is 11.1 Å². The molecule has 0 saturated heterocycles. The lowest BCUT2D eigenvalue weighted by molar-refractivity contribution is -0.116. The summed E-state index contributed by atoms with van der Waals surface area (Å²) in [5.74, 6) is 0.921. The second kappa shape index (κ2) is 7.52. The van der Waals surface area contributed by atoms with Crippen molar-refractivity contribution in [2.45, 2.75) is 12.3 Å². The number of carbonyl (C=O) groups excluding carboxylic acids is 1. The summed E-state index contributed by atoms with van der Waals surface area (Å²) in [5, 5.41) is 2.74. The first-order chi connectivity index (χ1) is 13.7. The lowest BCUT2D eigenvalue weighted by Gasteiger charge is -2.24. The Morgan fingerprint density at radius 3 is 2.57 bits per heavy atom. The molecule has 3 aromatic rings. The number of hydrogen-bond acceptors (Lipinski definition) is 4. The van der Waals surface area contributed by atoms with Crippen molar-refractivity contribution in [3.05, 3.63) is 88.7 Å². The predicted molar refractivity (Wildman–Crippen MR) is 108 cm³/mol. The van der Waals surface area contributed by atoms with E-state index in [1.807, 2.05) is 54.6 Å². The van der Waals surface area contributed by atoms with Gasteiger partial charge in [-0.05, 0) is 17.7 Å². The van der Waals surface area contributed by atoms with Crippen LogP contribution in [0.25, 0.3) is 11.4 Å². The number of aromatic amines is 1. The molecule has 0 aliphatic carbocycles. The Hall–Kier alpha value is -3.67. The normalized spacial score (nSPS) is 15.4. The Balaban J connectivity index is 1.74. The number of nitrogens with zero attached hydrogens (tertiary/aromatic N) is 1. The van der Waals surface area contributed by atoms with Crippen molar-refractivity contribution in [2.24, 2.45) is 0 Å². The van der Waals surface area contributed by atoms with Crippen molar-refractivity contribution < 1.29 is 9.53 Å². The van der Waals surface area contributed by atoms with Gasteiger partial charge in [0.15, 0.2) is 0 Å². The molecule has 0 unspecified atom stereocenters. The first kappa shape index (κ1) is 17.7. The molecule has 140 valence electrons. The molecule has 1 aliphatic rings. The molecule has 1 aromatic heterocycles. The van der Waals surface area contributed by atoms with Crippen molar-refractivity contribution in [1.82, 2.24) is 9.97 Å². The van der Waals surface area contributed by atoms with Gasteiger partial charge in [0.05, 0.1) is 5.56 Å². The second-order valence-corrected chi connectivity index (χ2v) is 6.52. The largest absolute Gasteiger partial charge is 0.490 e. The number of nitrogens with one attached hydrogen (secondary N) is 2. The molecule has 2 heterocycles. The van der Waals surface area contributed by atoms with E-state index < -0.39 is 0 Å². The third kappa shape index (κ3) is 3.44. The van der Waals surface area contributed by atoms with E-state index in [1.165, 1.54) is 0 Å². The lowest BCUT2D eigenvalue weighted by atomic mass is 9.87. The number of anilines is 1. The van der Waals surface area contributed by atoms with Gasteiger partial charge in [0, 0.05) is 17.9 Å². The van der Waals surface area contributed by atoms with Gasteiger partial charge >= 0.3 is 0 Å². The molecule has 6 heteroatoms. The van der Waals surface area contributed by atoms with E-state index in [2.05, 4.69) is 21.9 Å². The minimum Gasteiger partial charge on any atom is -0.490 e. The molecule has 4 rings (SSSR count). The van der Waals surface area contributed by atoms with Gasteiger partial charge in [-0.1, -0.05) is 55.1 Å². The molecular weight excluding hydrogens is 354 g/mol. The standard InChI is InChI=1S/C22H19N3O3/c1-2-12-28-16-10-8-14(9-11-16)17-13-18(26)23-21-19(17)22(27)25-20(24-21)15-6-4-3-5-7-15/h2-11,17H,1,12-13H2,(H2,23,24,25,26,27)/t17-/m0/s1. The zero-order valence-electron chi connectivity index (χ0n) is 15.1. The van der Waals surface area contributed by atoms with E-state index in [1.54, 1.807) is 6.08 Å². The van der Waals surface area contributed by atoms with Crippen molar-refractivity contribution >= 4 is 11.7 Å². The topological polar surface area (TPSA) is 84.1 Å². The minimum atomic E-state index is -0.363. The predicted octanol–water partition coefficient (Wildman–Crippen LogP) is 3.48. The molecular formula is C22H19N3O3. The number of hydrogen-bond donors (Lipinski definition) is 2. The van der Waals surface area contributed by atoms with Crippen LogP contribution in [-0.4, -0.2) is 22.5 Å². The average molecular weight is 373 g/mol.